The number of primary amides is 1. The number of nitrogens with two attached hydrogens (primary N) is 1. The van der Waals surface area contributed by atoms with Gasteiger partial charge in [-0.25, -0.2) is 0 Å². The van der Waals surface area contributed by atoms with Gasteiger partial charge in [-0.1, -0.05) is 42.0 Å². The lowest BCUT2D eigenvalue weighted by Gasteiger charge is -2.19. The minimum atomic E-state index is -4.52. The Hall–Kier alpha value is -2.87. The Morgan fingerprint density at radius 3 is 2.11 bits per heavy atom. The molecule has 0 spiro atoms. The van der Waals surface area contributed by atoms with Gasteiger partial charge in [0.25, 0.3) is 5.91 Å². The Morgan fingerprint density at radius 1 is 1.07 bits per heavy atom. The van der Waals surface area contributed by atoms with E-state index in [0.29, 0.717) is 0 Å². The van der Waals surface area contributed by atoms with Gasteiger partial charge in [0, 0.05) is 6.42 Å². The summed E-state index contributed by atoms with van der Waals surface area (Å²) in [5, 5.41) is 12.4. The Morgan fingerprint density at radius 2 is 1.63 bits per heavy atom. The lowest BCUT2D eigenvalue weighted by atomic mass is 10.0. The normalized spacial score (nSPS) is 13.7. The molecule has 0 heterocycles. The number of hydrogen-bond acceptors (Lipinski definition) is 3. The molecule has 8 heteroatoms. The minimum absolute atomic E-state index is 0.0287. The van der Waals surface area contributed by atoms with Gasteiger partial charge in [-0.2, -0.15) is 13.2 Å². The number of aryl methyl sites for hydroxylation is 1. The number of amides is 2. The molecule has 2 rings (SSSR count). The number of aliphatic hydroxyl groups excluding tert-OH is 1. The molecule has 0 radical (unpaired) electrons. The average molecular weight is 380 g/mol. The van der Waals surface area contributed by atoms with Crippen LogP contribution in [0.1, 0.15) is 28.4 Å². The second-order valence-electron chi connectivity index (χ2n) is 6.18. The third-order valence-corrected chi connectivity index (χ3v) is 4.02. The Bertz CT molecular complexity index is 802. The van der Waals surface area contributed by atoms with E-state index in [1.807, 2.05) is 19.1 Å². The van der Waals surface area contributed by atoms with Crippen LogP contribution in [0.2, 0.25) is 0 Å². The van der Waals surface area contributed by atoms with Crippen LogP contribution in [0.25, 0.3) is 0 Å². The zero-order valence-corrected chi connectivity index (χ0v) is 14.5. The Kier molecular flexibility index (Phi) is 6.22. The number of hydrogen-bond donors (Lipinski definition) is 3. The fourth-order valence-electron chi connectivity index (χ4n) is 2.44. The Labute approximate surface area is 154 Å². The van der Waals surface area contributed by atoms with E-state index in [1.165, 1.54) is 0 Å². The third-order valence-electron chi connectivity index (χ3n) is 4.02. The molecule has 0 aliphatic heterocycles. The number of alkyl halides is 3. The smallest absolute Gasteiger partial charge is 0.378 e. The summed E-state index contributed by atoms with van der Waals surface area (Å²) in [6, 6.07) is 9.72. The summed E-state index contributed by atoms with van der Waals surface area (Å²) in [4.78, 5) is 23.8. The van der Waals surface area contributed by atoms with Crippen molar-refractivity contribution in [2.75, 3.05) is 0 Å². The van der Waals surface area contributed by atoms with E-state index in [9.17, 15) is 27.9 Å². The molecule has 0 unspecified atom stereocenters. The van der Waals surface area contributed by atoms with Gasteiger partial charge in [0.05, 0.1) is 5.56 Å². The highest BCUT2D eigenvalue weighted by Crippen LogP contribution is 2.30. The molecule has 5 nitrogen and oxygen atoms in total. The molecule has 0 aromatic heterocycles. The van der Waals surface area contributed by atoms with E-state index < -0.39 is 35.7 Å². The highest BCUT2D eigenvalue weighted by atomic mass is 19.4. The fraction of sp³-hybridized carbons (Fsp3) is 0.263. The first-order valence-electron chi connectivity index (χ1n) is 8.08. The molecule has 144 valence electrons. The molecule has 27 heavy (non-hydrogen) atoms. The first kappa shape index (κ1) is 20.4. The summed E-state index contributed by atoms with van der Waals surface area (Å²) in [5.74, 6) is -1.71. The first-order valence-corrected chi connectivity index (χ1v) is 8.08. The van der Waals surface area contributed by atoms with Crippen molar-refractivity contribution in [3.8, 4) is 0 Å². The molecule has 2 atom stereocenters. The molecule has 2 amide bonds. The predicted molar refractivity (Wildman–Crippen MR) is 92.4 cm³/mol. The van der Waals surface area contributed by atoms with E-state index in [0.717, 1.165) is 35.4 Å². The lowest BCUT2D eigenvalue weighted by molar-refractivity contribution is -0.137. The van der Waals surface area contributed by atoms with Gasteiger partial charge in [0.15, 0.2) is 6.10 Å². The van der Waals surface area contributed by atoms with Crippen LogP contribution in [0, 0.1) is 6.92 Å². The van der Waals surface area contributed by atoms with E-state index >= 15 is 0 Å². The summed E-state index contributed by atoms with van der Waals surface area (Å²) in [5.41, 5.74) is 6.17. The van der Waals surface area contributed by atoms with Crippen LogP contribution < -0.4 is 11.1 Å². The van der Waals surface area contributed by atoms with Crippen LogP contribution in [-0.4, -0.2) is 23.0 Å². The zero-order valence-electron chi connectivity index (χ0n) is 14.5. The molecule has 4 N–H and O–H groups in total. The van der Waals surface area contributed by atoms with Crippen molar-refractivity contribution in [2.45, 2.75) is 31.7 Å². The molecule has 0 aliphatic rings. The second kappa shape index (κ2) is 8.22. The van der Waals surface area contributed by atoms with Gasteiger partial charge < -0.3 is 16.2 Å². The highest BCUT2D eigenvalue weighted by molar-refractivity contribution is 5.89. The maximum Gasteiger partial charge on any atom is 0.416 e. The maximum absolute atomic E-state index is 12.6. The van der Waals surface area contributed by atoms with Crippen LogP contribution >= 0.6 is 0 Å². The summed E-state index contributed by atoms with van der Waals surface area (Å²) >= 11 is 0. The van der Waals surface area contributed by atoms with Crippen molar-refractivity contribution in [2.24, 2.45) is 5.73 Å². The first-order chi connectivity index (χ1) is 12.6. The van der Waals surface area contributed by atoms with Crippen LogP contribution in [0.15, 0.2) is 48.5 Å². The molecule has 0 fully saturated rings. The van der Waals surface area contributed by atoms with Crippen LogP contribution in [-0.2, 0) is 22.2 Å². The van der Waals surface area contributed by atoms with Crippen LogP contribution in [0.5, 0.6) is 0 Å². The van der Waals surface area contributed by atoms with Crippen molar-refractivity contribution in [1.82, 2.24) is 5.32 Å². The summed E-state index contributed by atoms with van der Waals surface area (Å²) < 4.78 is 37.7. The summed E-state index contributed by atoms with van der Waals surface area (Å²) in [6.45, 7) is 1.90. The highest BCUT2D eigenvalue weighted by Gasteiger charge is 2.31. The number of halogens is 3. The molecule has 0 bridgehead atoms. The molecule has 0 aliphatic carbocycles. The average Bonchev–Trinajstić information content (AvgIpc) is 2.61. The standard InChI is InChI=1S/C19H19F3N2O3/c1-11-2-4-12(5-3-11)10-15(17(23)26)24-18(27)16(25)13-6-8-14(9-7-13)19(20,21)22/h2-9,15-16,25H,10H2,1H3,(H2,23,26)(H,24,27)/t15-,16-/m1/s1. The van der Waals surface area contributed by atoms with Crippen molar-refractivity contribution >= 4 is 11.8 Å². The largest absolute Gasteiger partial charge is 0.416 e. The van der Waals surface area contributed by atoms with Gasteiger partial charge >= 0.3 is 6.18 Å². The van der Waals surface area contributed by atoms with Gasteiger partial charge in [-0.3, -0.25) is 9.59 Å². The number of benzene rings is 2. The topological polar surface area (TPSA) is 92.4 Å². The minimum Gasteiger partial charge on any atom is -0.378 e. The van der Waals surface area contributed by atoms with E-state index in [4.69, 9.17) is 5.73 Å². The van der Waals surface area contributed by atoms with Gasteiger partial charge in [-0.15, -0.1) is 0 Å². The van der Waals surface area contributed by atoms with Gasteiger partial charge in [-0.05, 0) is 30.2 Å². The number of nitrogens with one attached hydrogen (secondary N) is 1. The van der Waals surface area contributed by atoms with Gasteiger partial charge in [0.2, 0.25) is 5.91 Å². The molecular formula is C19H19F3N2O3. The number of rotatable bonds is 6. The number of carbonyl (C=O) groups is 2. The molecule has 2 aromatic rings. The monoisotopic (exact) mass is 380 g/mol. The molecule has 2 aromatic carbocycles. The van der Waals surface area contributed by atoms with Crippen molar-refractivity contribution < 1.29 is 27.9 Å². The van der Waals surface area contributed by atoms with Crippen molar-refractivity contribution in [3.63, 3.8) is 0 Å². The lowest BCUT2D eigenvalue weighted by Crippen LogP contribution is -2.47. The molecule has 0 saturated heterocycles. The number of carbonyl (C=O) groups excluding carboxylic acids is 2. The van der Waals surface area contributed by atoms with Gasteiger partial charge in [0.1, 0.15) is 6.04 Å². The van der Waals surface area contributed by atoms with Crippen LogP contribution in [0.4, 0.5) is 13.2 Å². The predicted octanol–water partition coefficient (Wildman–Crippen LogP) is 2.26. The van der Waals surface area contributed by atoms with E-state index in [2.05, 4.69) is 5.32 Å². The van der Waals surface area contributed by atoms with Crippen LogP contribution in [0.3, 0.4) is 0 Å². The Balaban J connectivity index is 2.07. The SMILES string of the molecule is Cc1ccc(C[C@@H](NC(=O)[C@H](O)c2ccc(C(F)(F)F)cc2)C(N)=O)cc1. The second-order valence-corrected chi connectivity index (χ2v) is 6.18. The zero-order chi connectivity index (χ0) is 20.2. The van der Waals surface area contributed by atoms with E-state index in [-0.39, 0.29) is 12.0 Å². The maximum atomic E-state index is 12.6. The fourth-order valence-corrected chi connectivity index (χ4v) is 2.44. The third kappa shape index (κ3) is 5.55. The van der Waals surface area contributed by atoms with Crippen molar-refractivity contribution in [1.29, 1.82) is 0 Å². The summed E-state index contributed by atoms with van der Waals surface area (Å²) in [6.07, 6.45) is -6.12. The molecule has 0 saturated carbocycles. The number of aliphatic hydroxyl groups is 1. The quantitative estimate of drug-likeness (QED) is 0.718. The van der Waals surface area contributed by atoms with Crippen molar-refractivity contribution in [3.05, 3.63) is 70.8 Å². The van der Waals surface area contributed by atoms with E-state index in [1.54, 1.807) is 12.1 Å². The molecular weight excluding hydrogens is 361 g/mol. The summed E-state index contributed by atoms with van der Waals surface area (Å²) in [7, 11) is 0.